The summed E-state index contributed by atoms with van der Waals surface area (Å²) < 4.78 is 13.0. The van der Waals surface area contributed by atoms with Gasteiger partial charge in [0, 0.05) is 5.41 Å². The maximum absolute atomic E-state index is 13.0. The summed E-state index contributed by atoms with van der Waals surface area (Å²) in [6, 6.07) is 6.66. The van der Waals surface area contributed by atoms with Crippen molar-refractivity contribution in [3.05, 3.63) is 35.6 Å². The molecular formula is C11H14FN3. The normalized spacial score (nSPS) is 17.1. The number of rotatable bonds is 3. The van der Waals surface area contributed by atoms with E-state index in [0.29, 0.717) is 6.54 Å². The van der Waals surface area contributed by atoms with Gasteiger partial charge in [-0.15, -0.1) is 0 Å². The molecule has 3 nitrogen and oxygen atoms in total. The van der Waals surface area contributed by atoms with E-state index in [1.165, 1.54) is 6.07 Å². The maximum Gasteiger partial charge on any atom is 0.185 e. The fourth-order valence-corrected chi connectivity index (χ4v) is 1.75. The van der Waals surface area contributed by atoms with Crippen LogP contribution in [0.5, 0.6) is 0 Å². The van der Waals surface area contributed by atoms with E-state index in [1.54, 1.807) is 12.1 Å². The van der Waals surface area contributed by atoms with Gasteiger partial charge in [-0.1, -0.05) is 12.1 Å². The second-order valence-electron chi connectivity index (χ2n) is 4.03. The molecule has 0 heterocycles. The van der Waals surface area contributed by atoms with E-state index in [-0.39, 0.29) is 17.2 Å². The number of hydrogen-bond acceptors (Lipinski definition) is 1. The van der Waals surface area contributed by atoms with Crippen molar-refractivity contribution in [2.45, 2.75) is 18.3 Å². The van der Waals surface area contributed by atoms with Gasteiger partial charge in [0.1, 0.15) is 5.82 Å². The van der Waals surface area contributed by atoms with Gasteiger partial charge < -0.3 is 11.5 Å². The first-order chi connectivity index (χ1) is 7.12. The number of hydrogen-bond donors (Lipinski definition) is 2. The molecule has 0 atom stereocenters. The van der Waals surface area contributed by atoms with Crippen LogP contribution in [0.1, 0.15) is 18.4 Å². The van der Waals surface area contributed by atoms with Crippen molar-refractivity contribution in [1.82, 2.24) is 0 Å². The Morgan fingerprint density at radius 3 is 2.67 bits per heavy atom. The first-order valence-electron chi connectivity index (χ1n) is 4.94. The van der Waals surface area contributed by atoms with Crippen molar-refractivity contribution < 1.29 is 4.39 Å². The Kier molecular flexibility index (Phi) is 2.34. The lowest BCUT2D eigenvalue weighted by Crippen LogP contribution is -2.25. The Morgan fingerprint density at radius 1 is 1.40 bits per heavy atom. The first-order valence-corrected chi connectivity index (χ1v) is 4.94. The Bertz CT molecular complexity index is 393. The molecule has 0 unspecified atom stereocenters. The molecule has 80 valence electrons. The van der Waals surface area contributed by atoms with E-state index >= 15 is 0 Å². The van der Waals surface area contributed by atoms with Crippen molar-refractivity contribution in [2.75, 3.05) is 6.54 Å². The van der Waals surface area contributed by atoms with E-state index in [9.17, 15) is 4.39 Å². The maximum atomic E-state index is 13.0. The quantitative estimate of drug-likeness (QED) is 0.576. The summed E-state index contributed by atoms with van der Waals surface area (Å²) in [6.45, 7) is 0.554. The highest BCUT2D eigenvalue weighted by Crippen LogP contribution is 2.48. The zero-order valence-electron chi connectivity index (χ0n) is 8.41. The smallest absolute Gasteiger partial charge is 0.185 e. The Hall–Kier alpha value is -1.58. The van der Waals surface area contributed by atoms with Crippen molar-refractivity contribution in [2.24, 2.45) is 16.5 Å². The summed E-state index contributed by atoms with van der Waals surface area (Å²) in [5.41, 5.74) is 11.5. The number of benzene rings is 1. The zero-order valence-corrected chi connectivity index (χ0v) is 8.41. The molecule has 1 fully saturated rings. The lowest BCUT2D eigenvalue weighted by molar-refractivity contribution is 0.616. The molecule has 4 N–H and O–H groups in total. The Labute approximate surface area is 88.0 Å². The second-order valence-corrected chi connectivity index (χ2v) is 4.03. The molecule has 0 radical (unpaired) electrons. The first kappa shape index (κ1) is 9.96. The van der Waals surface area contributed by atoms with E-state index in [1.807, 2.05) is 6.07 Å². The van der Waals surface area contributed by atoms with Gasteiger partial charge in [0.15, 0.2) is 5.96 Å². The number of halogens is 1. The molecule has 2 rings (SSSR count). The number of aliphatic imine (C=N–C) groups is 1. The monoisotopic (exact) mass is 207 g/mol. The second kappa shape index (κ2) is 3.53. The van der Waals surface area contributed by atoms with Crippen LogP contribution in [0, 0.1) is 5.82 Å². The van der Waals surface area contributed by atoms with E-state index in [0.717, 1.165) is 18.4 Å². The van der Waals surface area contributed by atoms with Crippen molar-refractivity contribution in [3.63, 3.8) is 0 Å². The summed E-state index contributed by atoms with van der Waals surface area (Å²) in [4.78, 5) is 4.01. The van der Waals surface area contributed by atoms with Crippen molar-refractivity contribution in [3.8, 4) is 0 Å². The highest BCUT2D eigenvalue weighted by Gasteiger charge is 2.44. The average Bonchev–Trinajstić information content (AvgIpc) is 2.96. The molecule has 1 aliphatic carbocycles. The summed E-state index contributed by atoms with van der Waals surface area (Å²) in [6.07, 6.45) is 2.04. The zero-order chi connectivity index (χ0) is 10.9. The van der Waals surface area contributed by atoms with Crippen LogP contribution in [0.2, 0.25) is 0 Å². The molecular weight excluding hydrogens is 193 g/mol. The van der Waals surface area contributed by atoms with Crippen LogP contribution < -0.4 is 11.5 Å². The predicted molar refractivity (Wildman–Crippen MR) is 58.0 cm³/mol. The van der Waals surface area contributed by atoms with E-state index in [2.05, 4.69) is 4.99 Å². The summed E-state index contributed by atoms with van der Waals surface area (Å²) >= 11 is 0. The number of guanidine groups is 1. The van der Waals surface area contributed by atoms with Crippen molar-refractivity contribution >= 4 is 5.96 Å². The molecule has 1 aliphatic rings. The van der Waals surface area contributed by atoms with Gasteiger partial charge in [0.05, 0.1) is 6.54 Å². The highest BCUT2D eigenvalue weighted by molar-refractivity contribution is 5.75. The molecule has 0 aromatic heterocycles. The minimum absolute atomic E-state index is 0.0217. The summed E-state index contributed by atoms with van der Waals surface area (Å²) in [5.74, 6) is -0.110. The van der Waals surface area contributed by atoms with Gasteiger partial charge in [-0.3, -0.25) is 4.99 Å². The minimum Gasteiger partial charge on any atom is -0.370 e. The lowest BCUT2D eigenvalue weighted by atomic mass is 9.96. The molecule has 0 aliphatic heterocycles. The number of nitrogens with zero attached hydrogens (tertiary/aromatic N) is 1. The fraction of sp³-hybridized carbons (Fsp3) is 0.364. The van der Waals surface area contributed by atoms with Gasteiger partial charge in [-0.25, -0.2) is 4.39 Å². The third kappa shape index (κ3) is 2.09. The van der Waals surface area contributed by atoms with Crippen LogP contribution in [0.25, 0.3) is 0 Å². The highest BCUT2D eigenvalue weighted by atomic mass is 19.1. The van der Waals surface area contributed by atoms with Crippen LogP contribution in [0.15, 0.2) is 29.3 Å². The van der Waals surface area contributed by atoms with Gasteiger partial charge in [0.2, 0.25) is 0 Å². The SMILES string of the molecule is NC(N)=NCC1(c2cccc(F)c2)CC1. The Morgan fingerprint density at radius 2 is 2.13 bits per heavy atom. The molecule has 15 heavy (non-hydrogen) atoms. The van der Waals surface area contributed by atoms with Gasteiger partial charge in [-0.2, -0.15) is 0 Å². The third-order valence-electron chi connectivity index (χ3n) is 2.85. The standard InChI is InChI=1S/C11H14FN3/c12-9-3-1-2-8(6-9)11(4-5-11)7-15-10(13)14/h1-3,6H,4-5,7H2,(H4,13,14,15). The molecule has 4 heteroatoms. The third-order valence-corrected chi connectivity index (χ3v) is 2.85. The van der Waals surface area contributed by atoms with Crippen LogP contribution in [-0.4, -0.2) is 12.5 Å². The molecule has 0 spiro atoms. The number of nitrogens with two attached hydrogens (primary N) is 2. The van der Waals surface area contributed by atoms with Gasteiger partial charge in [-0.05, 0) is 30.5 Å². The predicted octanol–water partition coefficient (Wildman–Crippen LogP) is 1.13. The molecule has 0 bridgehead atoms. The minimum atomic E-state index is -0.205. The van der Waals surface area contributed by atoms with Crippen molar-refractivity contribution in [1.29, 1.82) is 0 Å². The molecule has 0 saturated heterocycles. The largest absolute Gasteiger partial charge is 0.370 e. The lowest BCUT2D eigenvalue weighted by Gasteiger charge is -2.12. The fourth-order valence-electron chi connectivity index (χ4n) is 1.75. The van der Waals surface area contributed by atoms with Crippen LogP contribution >= 0.6 is 0 Å². The molecule has 1 aromatic carbocycles. The van der Waals surface area contributed by atoms with Crippen LogP contribution in [-0.2, 0) is 5.41 Å². The Balaban J connectivity index is 2.19. The topological polar surface area (TPSA) is 64.4 Å². The molecule has 1 aromatic rings. The summed E-state index contributed by atoms with van der Waals surface area (Å²) in [7, 11) is 0. The van der Waals surface area contributed by atoms with Gasteiger partial charge >= 0.3 is 0 Å². The molecule has 0 amide bonds. The van der Waals surface area contributed by atoms with E-state index in [4.69, 9.17) is 11.5 Å². The summed E-state index contributed by atoms with van der Waals surface area (Å²) in [5, 5.41) is 0. The van der Waals surface area contributed by atoms with E-state index < -0.39 is 0 Å². The van der Waals surface area contributed by atoms with Gasteiger partial charge in [0.25, 0.3) is 0 Å². The van der Waals surface area contributed by atoms with Crippen LogP contribution in [0.3, 0.4) is 0 Å². The average molecular weight is 207 g/mol. The molecule has 1 saturated carbocycles. The van der Waals surface area contributed by atoms with Crippen LogP contribution in [0.4, 0.5) is 4.39 Å².